The van der Waals surface area contributed by atoms with Gasteiger partial charge in [-0.3, -0.25) is 0 Å². The number of benzene rings is 5. The normalized spacial score (nSPS) is 10.1. The Bertz CT molecular complexity index is 2020. The molecule has 0 atom stereocenters. The van der Waals surface area contributed by atoms with Crippen LogP contribution in [0.1, 0.15) is 16.7 Å². The van der Waals surface area contributed by atoms with Crippen molar-refractivity contribution in [2.45, 2.75) is 18.4 Å². The third-order valence-electron chi connectivity index (χ3n) is 6.83. The first-order chi connectivity index (χ1) is 24.7. The second kappa shape index (κ2) is 21.7. The van der Waals surface area contributed by atoms with Gasteiger partial charge in [0.1, 0.15) is 25.3 Å². The number of nitrogens with zero attached hydrogens (tertiary/aromatic N) is 6. The van der Waals surface area contributed by atoms with Crippen LogP contribution in [0.3, 0.4) is 0 Å². The zero-order valence-electron chi connectivity index (χ0n) is 27.0. The number of hydrogen-bond acceptors (Lipinski definition) is 6. The van der Waals surface area contributed by atoms with Crippen LogP contribution in [0.5, 0.6) is 0 Å². The minimum Gasteiger partial charge on any atom is -0.423 e. The molecule has 7 rings (SSSR count). The molecule has 0 aliphatic heterocycles. The lowest BCUT2D eigenvalue weighted by Crippen LogP contribution is -2.29. The molecule has 0 spiro atoms. The summed E-state index contributed by atoms with van der Waals surface area (Å²) >= 11 is 21.6. The maximum atomic E-state index is 8.63. The number of rotatable bonds is 7. The topological polar surface area (TPSA) is 102 Å². The van der Waals surface area contributed by atoms with Crippen molar-refractivity contribution in [3.05, 3.63) is 182 Å². The van der Waals surface area contributed by atoms with Gasteiger partial charge < -0.3 is 10.0 Å². The van der Waals surface area contributed by atoms with Gasteiger partial charge >= 0.3 is 7.12 Å². The molecule has 2 N–H and O–H groups in total. The summed E-state index contributed by atoms with van der Waals surface area (Å²) in [6.07, 6.45) is 6.51. The molecule has 0 fully saturated rings. The maximum Gasteiger partial charge on any atom is 0.488 e. The van der Waals surface area contributed by atoms with E-state index in [1.165, 1.54) is 28.6 Å². The molecule has 0 amide bonds. The molecule has 0 radical (unpaired) electrons. The van der Waals surface area contributed by atoms with E-state index in [1.54, 1.807) is 52.6 Å². The van der Waals surface area contributed by atoms with Gasteiger partial charge in [-0.25, -0.2) is 19.3 Å². The summed E-state index contributed by atoms with van der Waals surface area (Å²) in [5.41, 5.74) is 6.48. The van der Waals surface area contributed by atoms with Crippen LogP contribution in [0, 0.1) is 0 Å². The molecule has 0 saturated carbocycles. The van der Waals surface area contributed by atoms with Gasteiger partial charge in [0, 0.05) is 24.3 Å². The van der Waals surface area contributed by atoms with Gasteiger partial charge in [-0.2, -0.15) is 10.2 Å². The molecule has 14 heteroatoms. The predicted molar refractivity (Wildman–Crippen MR) is 217 cm³/mol. The first-order valence-corrected chi connectivity index (χ1v) is 18.8. The van der Waals surface area contributed by atoms with E-state index in [1.807, 2.05) is 48.5 Å². The minimum atomic E-state index is -1.41. The van der Waals surface area contributed by atoms with Crippen molar-refractivity contribution >= 4 is 83.6 Å². The quantitative estimate of drug-likeness (QED) is 0.122. The van der Waals surface area contributed by atoms with E-state index < -0.39 is 7.12 Å². The number of aromatic nitrogens is 6. The lowest BCUT2D eigenvalue weighted by molar-refractivity contribution is 0.426. The standard InChI is InChI=1S/C15H12ClN3.C9H8BrN3.C7H6Br2.C6H6BClO2/c16-15-6-4-13(5-7-15)14-3-1-2-12(8-14)9-19-11-17-10-18-19;10-9-3-1-2-8(4-9)5-13-7-11-6-12-13;8-5-6-2-1-3-7(9)4-6;8-6-3-1-5(2-4-6)7(9)10/h1-8,10-11H,9H2;1-4,6-7H,5H2;1-4H,5H2;1-4,9-10H. The summed E-state index contributed by atoms with van der Waals surface area (Å²) in [5.74, 6) is 0. The molecular weight excluding hydrogens is 882 g/mol. The average Bonchev–Trinajstić information content (AvgIpc) is 3.85. The number of hydrogen-bond donors (Lipinski definition) is 2. The fraction of sp³-hybridized carbons (Fsp3) is 0.0811. The molecule has 51 heavy (non-hydrogen) atoms. The highest BCUT2D eigenvalue weighted by Gasteiger charge is 2.08. The summed E-state index contributed by atoms with van der Waals surface area (Å²) in [4.78, 5) is 7.83. The predicted octanol–water partition coefficient (Wildman–Crippen LogP) is 9.10. The van der Waals surface area contributed by atoms with E-state index in [-0.39, 0.29) is 0 Å². The second-order valence-electron chi connectivity index (χ2n) is 10.7. The average molecular weight is 914 g/mol. The molecular formula is C37H32BBr3Cl2N6O2. The fourth-order valence-electron chi connectivity index (χ4n) is 4.38. The van der Waals surface area contributed by atoms with Crippen molar-refractivity contribution in [2.75, 3.05) is 0 Å². The Balaban J connectivity index is 0.000000160. The first kappa shape index (κ1) is 40.2. The van der Waals surface area contributed by atoms with Gasteiger partial charge in [-0.1, -0.05) is 138 Å². The molecule has 0 aliphatic rings. The monoisotopic (exact) mass is 910 g/mol. The molecule has 8 nitrogen and oxygen atoms in total. The van der Waals surface area contributed by atoms with E-state index in [4.69, 9.17) is 33.2 Å². The number of alkyl halides is 1. The molecule has 7 aromatic rings. The van der Waals surface area contributed by atoms with Crippen LogP contribution < -0.4 is 5.46 Å². The van der Waals surface area contributed by atoms with Crippen LogP contribution in [0.25, 0.3) is 11.1 Å². The Morgan fingerprint density at radius 1 is 0.569 bits per heavy atom. The summed E-state index contributed by atoms with van der Waals surface area (Å²) in [6.45, 7) is 1.49. The van der Waals surface area contributed by atoms with Gasteiger partial charge in [0.2, 0.25) is 0 Å². The van der Waals surface area contributed by atoms with Crippen molar-refractivity contribution in [3.63, 3.8) is 0 Å². The molecule has 5 aromatic carbocycles. The summed E-state index contributed by atoms with van der Waals surface area (Å²) < 4.78 is 5.83. The fourth-order valence-corrected chi connectivity index (χ4v) is 5.88. The lowest BCUT2D eigenvalue weighted by atomic mass is 9.81. The van der Waals surface area contributed by atoms with Crippen LogP contribution in [0.2, 0.25) is 10.0 Å². The summed E-state index contributed by atoms with van der Waals surface area (Å²) in [5, 5.41) is 27.7. The zero-order valence-corrected chi connectivity index (χ0v) is 33.3. The SMILES string of the molecule is BrCc1cccc(Br)c1.Brc1cccc(Cn2cncn2)c1.Clc1ccc(-c2cccc(Cn3cncn3)c2)cc1.OB(O)c1ccc(Cl)cc1. The maximum absolute atomic E-state index is 8.63. The third kappa shape index (κ3) is 14.9. The van der Waals surface area contributed by atoms with E-state index in [2.05, 4.69) is 116 Å². The lowest BCUT2D eigenvalue weighted by Gasteiger charge is -2.06. The third-order valence-corrected chi connectivity index (χ3v) is 8.97. The summed E-state index contributed by atoms with van der Waals surface area (Å²) in [7, 11) is -1.41. The highest BCUT2D eigenvalue weighted by molar-refractivity contribution is 9.10. The highest BCUT2D eigenvalue weighted by atomic mass is 79.9. The Morgan fingerprint density at radius 2 is 1.04 bits per heavy atom. The van der Waals surface area contributed by atoms with Gasteiger partial charge in [-0.15, -0.1) is 0 Å². The molecule has 0 saturated heterocycles. The molecule has 0 unspecified atom stereocenters. The molecule has 2 heterocycles. The Hall–Kier alpha value is -3.62. The molecule has 0 aliphatic carbocycles. The van der Waals surface area contributed by atoms with Gasteiger partial charge in [-0.05, 0) is 87.9 Å². The summed E-state index contributed by atoms with van der Waals surface area (Å²) in [6, 6.07) is 39.0. The van der Waals surface area contributed by atoms with Crippen LogP contribution in [0.4, 0.5) is 0 Å². The van der Waals surface area contributed by atoms with Crippen molar-refractivity contribution < 1.29 is 10.0 Å². The van der Waals surface area contributed by atoms with E-state index >= 15 is 0 Å². The Morgan fingerprint density at radius 3 is 1.49 bits per heavy atom. The Kier molecular flexibility index (Phi) is 17.1. The molecule has 260 valence electrons. The van der Waals surface area contributed by atoms with Gasteiger partial charge in [0.25, 0.3) is 0 Å². The first-order valence-electron chi connectivity index (χ1n) is 15.3. The zero-order chi connectivity index (χ0) is 36.4. The minimum absolute atomic E-state index is 0.449. The van der Waals surface area contributed by atoms with Crippen molar-refractivity contribution in [1.82, 2.24) is 29.5 Å². The largest absolute Gasteiger partial charge is 0.488 e. The van der Waals surface area contributed by atoms with Crippen molar-refractivity contribution in [3.8, 4) is 11.1 Å². The molecule has 2 aromatic heterocycles. The van der Waals surface area contributed by atoms with E-state index in [0.717, 1.165) is 38.0 Å². The van der Waals surface area contributed by atoms with Crippen molar-refractivity contribution in [2.24, 2.45) is 0 Å². The van der Waals surface area contributed by atoms with Crippen LogP contribution in [-0.4, -0.2) is 46.7 Å². The van der Waals surface area contributed by atoms with Gasteiger partial charge in [0.05, 0.1) is 13.1 Å². The van der Waals surface area contributed by atoms with E-state index in [0.29, 0.717) is 10.5 Å². The van der Waals surface area contributed by atoms with Crippen molar-refractivity contribution in [1.29, 1.82) is 0 Å². The van der Waals surface area contributed by atoms with Crippen LogP contribution in [0.15, 0.2) is 156 Å². The highest BCUT2D eigenvalue weighted by Crippen LogP contribution is 2.23. The van der Waals surface area contributed by atoms with Crippen LogP contribution >= 0.6 is 71.0 Å². The van der Waals surface area contributed by atoms with Crippen LogP contribution in [-0.2, 0) is 18.4 Å². The Labute approximate surface area is 332 Å². The molecule has 0 bridgehead atoms. The van der Waals surface area contributed by atoms with E-state index in [9.17, 15) is 0 Å². The van der Waals surface area contributed by atoms with Gasteiger partial charge in [0.15, 0.2) is 0 Å². The smallest absolute Gasteiger partial charge is 0.423 e. The second-order valence-corrected chi connectivity index (χ2v) is 14.0. The number of halogens is 5.